The van der Waals surface area contributed by atoms with E-state index in [1.54, 1.807) is 6.92 Å². The van der Waals surface area contributed by atoms with E-state index in [1.807, 2.05) is 30.3 Å². The van der Waals surface area contributed by atoms with Gasteiger partial charge in [0.15, 0.2) is 5.69 Å². The number of aliphatic hydroxyl groups is 2. The van der Waals surface area contributed by atoms with Crippen LogP contribution in [0, 0.1) is 12.8 Å². The predicted octanol–water partition coefficient (Wildman–Crippen LogP) is 1.59. The largest absolute Gasteiger partial charge is 0.393 e. The third-order valence-corrected chi connectivity index (χ3v) is 4.69. The smallest absolute Gasteiger partial charge is 0.274 e. The number of rotatable bonds is 6. The zero-order chi connectivity index (χ0) is 17.1. The Morgan fingerprint density at radius 1 is 1.38 bits per heavy atom. The topological polar surface area (TPSA) is 95.6 Å². The van der Waals surface area contributed by atoms with Gasteiger partial charge in [0.05, 0.1) is 18.3 Å². The maximum absolute atomic E-state index is 12.6. The second-order valence-corrected chi connectivity index (χ2v) is 6.38. The highest BCUT2D eigenvalue weighted by atomic mass is 16.5. The van der Waals surface area contributed by atoms with Gasteiger partial charge in [-0.1, -0.05) is 35.5 Å². The number of hydrogen-bond acceptors (Lipinski definition) is 5. The lowest BCUT2D eigenvalue weighted by Crippen LogP contribution is -2.48. The number of amides is 1. The van der Waals surface area contributed by atoms with Crippen LogP contribution in [0.3, 0.4) is 0 Å². The molecule has 1 aliphatic carbocycles. The van der Waals surface area contributed by atoms with Gasteiger partial charge >= 0.3 is 0 Å². The molecule has 1 saturated carbocycles. The second kappa shape index (κ2) is 7.15. The van der Waals surface area contributed by atoms with Crippen molar-refractivity contribution in [3.05, 3.63) is 52.9 Å². The van der Waals surface area contributed by atoms with Gasteiger partial charge < -0.3 is 20.1 Å². The van der Waals surface area contributed by atoms with Gasteiger partial charge in [-0.05, 0) is 37.7 Å². The zero-order valence-corrected chi connectivity index (χ0v) is 13.6. The normalized spacial score (nSPS) is 21.1. The number of nitrogens with one attached hydrogen (secondary N) is 1. The molecule has 0 aliphatic heterocycles. The van der Waals surface area contributed by atoms with Gasteiger partial charge in [-0.15, -0.1) is 0 Å². The fourth-order valence-electron chi connectivity index (χ4n) is 3.15. The van der Waals surface area contributed by atoms with Crippen molar-refractivity contribution >= 4 is 5.91 Å². The third kappa shape index (κ3) is 3.49. The number of nitrogens with zero attached hydrogens (tertiary/aromatic N) is 1. The molecule has 0 spiro atoms. The summed E-state index contributed by atoms with van der Waals surface area (Å²) in [6.45, 7) is 1.38. The van der Waals surface area contributed by atoms with E-state index in [-0.39, 0.29) is 36.3 Å². The van der Waals surface area contributed by atoms with Crippen LogP contribution in [-0.2, 0) is 13.0 Å². The third-order valence-electron chi connectivity index (χ3n) is 4.69. The average Bonchev–Trinajstić information content (AvgIpc) is 2.93. The Kier molecular flexibility index (Phi) is 4.97. The van der Waals surface area contributed by atoms with E-state index in [1.165, 1.54) is 0 Å². The van der Waals surface area contributed by atoms with E-state index in [9.17, 15) is 15.0 Å². The summed E-state index contributed by atoms with van der Waals surface area (Å²) in [6.07, 6.45) is 1.77. The average molecular weight is 330 g/mol. The molecule has 1 aromatic carbocycles. The number of carbonyl (C=O) groups is 1. The standard InChI is InChI=1S/C18H22N2O4/c1-11-15(10-21)17(20-24-11)18(23)19-16(13-8-14(22)9-13)7-12-5-3-2-4-6-12/h2-6,13-14,16,21-22H,7-10H2,1H3,(H,19,23)/t13?,14?,16-/m1/s1. The lowest BCUT2D eigenvalue weighted by atomic mass is 9.75. The number of benzene rings is 1. The van der Waals surface area contributed by atoms with Crippen LogP contribution < -0.4 is 5.32 Å². The van der Waals surface area contributed by atoms with Crippen LogP contribution in [-0.4, -0.2) is 33.4 Å². The molecule has 6 nitrogen and oxygen atoms in total. The minimum atomic E-state index is -0.349. The zero-order valence-electron chi connectivity index (χ0n) is 13.6. The first-order chi connectivity index (χ1) is 11.6. The van der Waals surface area contributed by atoms with Crippen molar-refractivity contribution in [2.75, 3.05) is 0 Å². The lowest BCUT2D eigenvalue weighted by Gasteiger charge is -2.38. The maximum atomic E-state index is 12.6. The number of aryl methyl sites for hydroxylation is 1. The van der Waals surface area contributed by atoms with Gasteiger partial charge in [0.1, 0.15) is 5.76 Å². The highest BCUT2D eigenvalue weighted by Crippen LogP contribution is 2.32. The lowest BCUT2D eigenvalue weighted by molar-refractivity contribution is 0.0238. The van der Waals surface area contributed by atoms with Crippen LogP contribution in [0.1, 0.15) is 40.2 Å². The fraction of sp³-hybridized carbons (Fsp3) is 0.444. The summed E-state index contributed by atoms with van der Waals surface area (Å²) in [6, 6.07) is 9.84. The molecule has 24 heavy (non-hydrogen) atoms. The molecule has 0 bridgehead atoms. The minimum absolute atomic E-state index is 0.0909. The van der Waals surface area contributed by atoms with Crippen LogP contribution in [0.2, 0.25) is 0 Å². The molecule has 128 valence electrons. The second-order valence-electron chi connectivity index (χ2n) is 6.38. The molecule has 1 aliphatic rings. The van der Waals surface area contributed by atoms with Crippen molar-refractivity contribution in [3.8, 4) is 0 Å². The molecule has 1 fully saturated rings. The van der Waals surface area contributed by atoms with E-state index in [2.05, 4.69) is 10.5 Å². The highest BCUT2D eigenvalue weighted by molar-refractivity contribution is 5.94. The van der Waals surface area contributed by atoms with Gasteiger partial charge in [0.2, 0.25) is 0 Å². The van der Waals surface area contributed by atoms with E-state index >= 15 is 0 Å². The summed E-state index contributed by atoms with van der Waals surface area (Å²) in [5.74, 6) is 0.328. The summed E-state index contributed by atoms with van der Waals surface area (Å²) in [4.78, 5) is 12.6. The van der Waals surface area contributed by atoms with Gasteiger partial charge in [0, 0.05) is 6.04 Å². The van der Waals surface area contributed by atoms with Gasteiger partial charge in [-0.25, -0.2) is 0 Å². The van der Waals surface area contributed by atoms with Gasteiger partial charge in [0.25, 0.3) is 5.91 Å². The summed E-state index contributed by atoms with van der Waals surface area (Å²) in [5, 5.41) is 25.8. The van der Waals surface area contributed by atoms with Crippen molar-refractivity contribution in [3.63, 3.8) is 0 Å². The molecule has 2 aromatic rings. The van der Waals surface area contributed by atoms with Crippen LogP contribution >= 0.6 is 0 Å². The summed E-state index contributed by atoms with van der Waals surface area (Å²) in [5.41, 5.74) is 1.68. The van der Waals surface area contributed by atoms with Crippen molar-refractivity contribution in [1.29, 1.82) is 0 Å². The van der Waals surface area contributed by atoms with Crippen molar-refractivity contribution in [1.82, 2.24) is 10.5 Å². The van der Waals surface area contributed by atoms with E-state index < -0.39 is 0 Å². The number of carbonyl (C=O) groups excluding carboxylic acids is 1. The van der Waals surface area contributed by atoms with E-state index in [4.69, 9.17) is 4.52 Å². The van der Waals surface area contributed by atoms with Gasteiger partial charge in [-0.3, -0.25) is 4.79 Å². The van der Waals surface area contributed by atoms with Crippen LogP contribution in [0.4, 0.5) is 0 Å². The van der Waals surface area contributed by atoms with Crippen LogP contribution in [0.15, 0.2) is 34.9 Å². The highest BCUT2D eigenvalue weighted by Gasteiger charge is 2.35. The Balaban J connectivity index is 1.74. The molecule has 3 N–H and O–H groups in total. The Bertz CT molecular complexity index is 692. The van der Waals surface area contributed by atoms with Crippen LogP contribution in [0.25, 0.3) is 0 Å². The molecule has 0 radical (unpaired) electrons. The molecule has 1 heterocycles. The molecule has 3 rings (SSSR count). The maximum Gasteiger partial charge on any atom is 0.274 e. The number of hydrogen-bond donors (Lipinski definition) is 3. The first-order valence-corrected chi connectivity index (χ1v) is 8.17. The Morgan fingerprint density at radius 3 is 2.71 bits per heavy atom. The van der Waals surface area contributed by atoms with Crippen molar-refractivity contribution in [2.24, 2.45) is 5.92 Å². The fourth-order valence-corrected chi connectivity index (χ4v) is 3.15. The number of aromatic nitrogens is 1. The van der Waals surface area contributed by atoms with Crippen LogP contribution in [0.5, 0.6) is 0 Å². The first-order valence-electron chi connectivity index (χ1n) is 8.17. The SMILES string of the molecule is Cc1onc(C(=O)N[C@H](Cc2ccccc2)C2CC(O)C2)c1CO. The van der Waals surface area contributed by atoms with E-state index in [0.29, 0.717) is 30.6 Å². The number of aliphatic hydroxyl groups excluding tert-OH is 2. The molecular weight excluding hydrogens is 308 g/mol. The summed E-state index contributed by atoms with van der Waals surface area (Å²) >= 11 is 0. The van der Waals surface area contributed by atoms with Gasteiger partial charge in [-0.2, -0.15) is 0 Å². The molecule has 1 amide bonds. The predicted molar refractivity (Wildman–Crippen MR) is 87.3 cm³/mol. The summed E-state index contributed by atoms with van der Waals surface area (Å²) in [7, 11) is 0. The molecule has 0 saturated heterocycles. The Morgan fingerprint density at radius 2 is 2.08 bits per heavy atom. The van der Waals surface area contributed by atoms with E-state index in [0.717, 1.165) is 5.56 Å². The Labute approximate surface area is 140 Å². The summed E-state index contributed by atoms with van der Waals surface area (Å²) < 4.78 is 5.01. The minimum Gasteiger partial charge on any atom is -0.393 e. The molecule has 0 unspecified atom stereocenters. The van der Waals surface area contributed by atoms with Crippen molar-refractivity contribution < 1.29 is 19.5 Å². The monoisotopic (exact) mass is 330 g/mol. The van der Waals surface area contributed by atoms with Crippen molar-refractivity contribution in [2.45, 2.75) is 44.9 Å². The molecule has 6 heteroatoms. The molecular formula is C18H22N2O4. The molecule has 1 aromatic heterocycles. The molecule has 1 atom stereocenters. The Hall–Kier alpha value is -2.18. The first kappa shape index (κ1) is 16.7. The quantitative estimate of drug-likeness (QED) is 0.747.